The van der Waals surface area contributed by atoms with Gasteiger partial charge in [-0.2, -0.15) is 0 Å². The summed E-state index contributed by atoms with van der Waals surface area (Å²) in [7, 11) is 0. The monoisotopic (exact) mass is 560 g/mol. The molecule has 0 saturated heterocycles. The van der Waals surface area contributed by atoms with Crippen LogP contribution in [0, 0.1) is 20.8 Å². The van der Waals surface area contributed by atoms with E-state index >= 15 is 0 Å². The molecular weight excluding hydrogens is 527 g/mol. The number of aromatic nitrogens is 4. The van der Waals surface area contributed by atoms with Crippen LogP contribution < -0.4 is 11.3 Å². The Kier molecular flexibility index (Phi) is 9.92. The van der Waals surface area contributed by atoms with Crippen molar-refractivity contribution >= 4 is 51.4 Å². The SMILES string of the molecule is CCCCc1nc(C)n(-c2ccc(C)c(C)c2)c(=O)c1Cc1ccc(-c2ccccc2-c2noc(=O)[nH]2)cc1.[KH]. The molecule has 8 heteroatoms. The second kappa shape index (κ2) is 13.2. The summed E-state index contributed by atoms with van der Waals surface area (Å²) in [5, 5.41) is 3.85. The predicted octanol–water partition coefficient (Wildman–Crippen LogP) is 5.45. The van der Waals surface area contributed by atoms with E-state index in [2.05, 4.69) is 37.0 Å². The van der Waals surface area contributed by atoms with Crippen molar-refractivity contribution in [1.29, 1.82) is 0 Å². The molecule has 7 nitrogen and oxygen atoms in total. The second-order valence-corrected chi connectivity index (χ2v) is 9.96. The van der Waals surface area contributed by atoms with Crippen molar-refractivity contribution < 1.29 is 4.52 Å². The van der Waals surface area contributed by atoms with Crippen molar-refractivity contribution in [3.05, 3.63) is 121 Å². The van der Waals surface area contributed by atoms with E-state index in [0.717, 1.165) is 64.0 Å². The first-order chi connectivity index (χ1) is 18.9. The summed E-state index contributed by atoms with van der Waals surface area (Å²) in [5.41, 5.74) is 8.47. The molecule has 40 heavy (non-hydrogen) atoms. The van der Waals surface area contributed by atoms with Crippen molar-refractivity contribution in [2.75, 3.05) is 0 Å². The predicted molar refractivity (Wildman–Crippen MR) is 161 cm³/mol. The van der Waals surface area contributed by atoms with Crippen LogP contribution >= 0.6 is 0 Å². The topological polar surface area (TPSA) is 93.8 Å². The van der Waals surface area contributed by atoms with E-state index in [4.69, 9.17) is 9.51 Å². The molecule has 5 aromatic rings. The summed E-state index contributed by atoms with van der Waals surface area (Å²) in [6, 6.07) is 21.9. The van der Waals surface area contributed by atoms with E-state index in [9.17, 15) is 9.59 Å². The summed E-state index contributed by atoms with van der Waals surface area (Å²) in [4.78, 5) is 33.0. The van der Waals surface area contributed by atoms with E-state index in [1.54, 1.807) is 4.57 Å². The number of H-pyrrole nitrogens is 1. The fraction of sp³-hybridized carbons (Fsp3) is 0.250. The molecule has 3 aromatic carbocycles. The maximum absolute atomic E-state index is 13.9. The minimum atomic E-state index is -0.591. The summed E-state index contributed by atoms with van der Waals surface area (Å²) >= 11 is 0. The number of nitrogens with one attached hydrogen (secondary N) is 1. The zero-order chi connectivity index (χ0) is 27.5. The molecule has 0 bridgehead atoms. The number of hydrogen-bond donors (Lipinski definition) is 1. The summed E-state index contributed by atoms with van der Waals surface area (Å²) in [6.45, 7) is 8.18. The molecule has 0 amide bonds. The van der Waals surface area contributed by atoms with E-state index in [0.29, 0.717) is 18.1 Å². The molecule has 0 atom stereocenters. The van der Waals surface area contributed by atoms with Gasteiger partial charge < -0.3 is 0 Å². The van der Waals surface area contributed by atoms with E-state index in [1.807, 2.05) is 67.6 Å². The first-order valence-electron chi connectivity index (χ1n) is 13.3. The molecule has 1 N–H and O–H groups in total. The number of aryl methyl sites for hydroxylation is 4. The first kappa shape index (κ1) is 30.1. The van der Waals surface area contributed by atoms with Gasteiger partial charge in [-0.3, -0.25) is 18.9 Å². The zero-order valence-electron chi connectivity index (χ0n) is 22.7. The third kappa shape index (κ3) is 6.37. The van der Waals surface area contributed by atoms with Crippen LogP contribution in [-0.4, -0.2) is 71.1 Å². The van der Waals surface area contributed by atoms with Crippen molar-refractivity contribution in [1.82, 2.24) is 19.7 Å². The van der Waals surface area contributed by atoms with Crippen LogP contribution in [0.3, 0.4) is 0 Å². The molecule has 0 radical (unpaired) electrons. The number of rotatable bonds is 8. The summed E-state index contributed by atoms with van der Waals surface area (Å²) in [5.74, 6) is 0.501. The molecule has 0 spiro atoms. The van der Waals surface area contributed by atoms with Crippen molar-refractivity contribution in [3.63, 3.8) is 0 Å². The van der Waals surface area contributed by atoms with Gasteiger partial charge in [0.2, 0.25) is 0 Å². The van der Waals surface area contributed by atoms with Gasteiger partial charge in [0, 0.05) is 17.5 Å². The number of nitrogens with zero attached hydrogens (tertiary/aromatic N) is 3. The van der Waals surface area contributed by atoms with Gasteiger partial charge in [0.25, 0.3) is 5.56 Å². The van der Waals surface area contributed by atoms with Gasteiger partial charge in [-0.1, -0.05) is 73.1 Å². The van der Waals surface area contributed by atoms with Crippen LogP contribution in [0.4, 0.5) is 0 Å². The fourth-order valence-corrected chi connectivity index (χ4v) is 4.91. The Morgan fingerprint density at radius 2 is 1.62 bits per heavy atom. The van der Waals surface area contributed by atoms with E-state index in [-0.39, 0.29) is 56.9 Å². The molecule has 0 aliphatic carbocycles. The van der Waals surface area contributed by atoms with Crippen molar-refractivity contribution in [3.8, 4) is 28.2 Å². The number of hydrogen-bond acceptors (Lipinski definition) is 5. The van der Waals surface area contributed by atoms with Gasteiger partial charge >= 0.3 is 57.1 Å². The number of unbranched alkanes of at least 4 members (excludes halogenated alkanes) is 1. The third-order valence-electron chi connectivity index (χ3n) is 7.21. The van der Waals surface area contributed by atoms with Gasteiger partial charge in [-0.25, -0.2) is 9.78 Å². The normalized spacial score (nSPS) is 10.9. The van der Waals surface area contributed by atoms with E-state index < -0.39 is 5.76 Å². The van der Waals surface area contributed by atoms with Crippen LogP contribution in [-0.2, 0) is 12.8 Å². The van der Waals surface area contributed by atoms with Gasteiger partial charge in [0.05, 0.1) is 11.4 Å². The number of benzene rings is 3. The van der Waals surface area contributed by atoms with Crippen molar-refractivity contribution in [2.45, 2.75) is 53.4 Å². The van der Waals surface area contributed by atoms with Gasteiger partial charge in [0.15, 0.2) is 5.82 Å². The third-order valence-corrected chi connectivity index (χ3v) is 7.21. The first-order valence-corrected chi connectivity index (χ1v) is 13.3. The van der Waals surface area contributed by atoms with Crippen LogP contribution in [0.15, 0.2) is 80.8 Å². The molecule has 0 unspecified atom stereocenters. The Labute approximate surface area is 276 Å². The molecule has 0 fully saturated rings. The molecule has 5 rings (SSSR count). The minimum absolute atomic E-state index is 0. The fourth-order valence-electron chi connectivity index (χ4n) is 4.91. The Bertz CT molecular complexity index is 1750. The molecule has 200 valence electrons. The molecule has 0 aliphatic heterocycles. The van der Waals surface area contributed by atoms with Gasteiger partial charge in [-0.05, 0) is 73.6 Å². The summed E-state index contributed by atoms with van der Waals surface area (Å²) < 4.78 is 6.45. The Morgan fingerprint density at radius 3 is 2.27 bits per heavy atom. The number of aromatic amines is 1. The Balaban J connectivity index is 0.00000370. The molecule has 0 saturated carbocycles. The maximum atomic E-state index is 13.9. The quantitative estimate of drug-likeness (QED) is 0.255. The van der Waals surface area contributed by atoms with Crippen LogP contribution in [0.5, 0.6) is 0 Å². The van der Waals surface area contributed by atoms with Crippen molar-refractivity contribution in [2.24, 2.45) is 0 Å². The Hall–Kier alpha value is -2.88. The average Bonchev–Trinajstić information content (AvgIpc) is 3.37. The molecule has 2 aromatic heterocycles. The molecule has 2 heterocycles. The summed E-state index contributed by atoms with van der Waals surface area (Å²) in [6.07, 6.45) is 3.28. The standard InChI is InChI=1S/C32H32N4O3.K.H/c1-5-6-11-29-28(31(37)36(22(4)33-29)25-17-12-20(2)21(3)18-25)19-23-13-15-24(16-14-23)26-9-7-8-10-27(26)30-34-32(38)39-35-30;;/h7-10,12-18H,5-6,11,19H2,1-4H3,(H,34,35,38);;. The van der Waals surface area contributed by atoms with Crippen LogP contribution in [0.2, 0.25) is 0 Å². The second-order valence-electron chi connectivity index (χ2n) is 9.96. The average molecular weight is 561 g/mol. The molecular formula is C32H33KN4O3. The zero-order valence-corrected chi connectivity index (χ0v) is 22.7. The van der Waals surface area contributed by atoms with Crippen LogP contribution in [0.25, 0.3) is 28.2 Å². The molecule has 0 aliphatic rings. The van der Waals surface area contributed by atoms with Gasteiger partial charge in [-0.15, -0.1) is 0 Å². The van der Waals surface area contributed by atoms with Gasteiger partial charge in [0.1, 0.15) is 5.82 Å². The van der Waals surface area contributed by atoms with E-state index in [1.165, 1.54) is 5.56 Å². The Morgan fingerprint density at radius 1 is 0.900 bits per heavy atom. The van der Waals surface area contributed by atoms with Crippen LogP contribution in [0.1, 0.15) is 53.5 Å².